The molecule has 0 aromatic heterocycles. The van der Waals surface area contributed by atoms with Gasteiger partial charge in [0.25, 0.3) is 5.91 Å². The van der Waals surface area contributed by atoms with E-state index in [2.05, 4.69) is 5.32 Å². The Kier molecular flexibility index (Phi) is 7.37. The number of nitrogens with one attached hydrogen (secondary N) is 1. The van der Waals surface area contributed by atoms with E-state index in [4.69, 9.17) is 9.47 Å². The van der Waals surface area contributed by atoms with Crippen LogP contribution in [0.1, 0.15) is 12.5 Å². The van der Waals surface area contributed by atoms with Crippen molar-refractivity contribution in [1.82, 2.24) is 0 Å². The van der Waals surface area contributed by atoms with E-state index in [9.17, 15) is 13.2 Å². The second-order valence-corrected chi connectivity index (χ2v) is 9.29. The van der Waals surface area contributed by atoms with Crippen molar-refractivity contribution in [3.05, 3.63) is 84.4 Å². The van der Waals surface area contributed by atoms with E-state index in [1.165, 1.54) is 11.4 Å². The first-order valence-electron chi connectivity index (χ1n) is 10.0. The number of hydrogen-bond donors (Lipinski definition) is 1. The van der Waals surface area contributed by atoms with Gasteiger partial charge in [0, 0.05) is 12.7 Å². The highest BCUT2D eigenvalue weighted by molar-refractivity contribution is 7.92. The van der Waals surface area contributed by atoms with Crippen LogP contribution in [0.4, 0.5) is 11.4 Å². The number of benzene rings is 3. The summed E-state index contributed by atoms with van der Waals surface area (Å²) in [7, 11) is -1.87. The van der Waals surface area contributed by atoms with Gasteiger partial charge < -0.3 is 14.8 Å². The average Bonchev–Trinajstić information content (AvgIpc) is 2.78. The van der Waals surface area contributed by atoms with Gasteiger partial charge in [-0.05, 0) is 61.0 Å². The summed E-state index contributed by atoms with van der Waals surface area (Å²) in [6.07, 6.45) is 0.383. The van der Waals surface area contributed by atoms with Gasteiger partial charge in [0.2, 0.25) is 10.0 Å². The average molecular weight is 455 g/mol. The van der Waals surface area contributed by atoms with Gasteiger partial charge >= 0.3 is 0 Å². The summed E-state index contributed by atoms with van der Waals surface area (Å²) in [6, 6.07) is 23.5. The van der Waals surface area contributed by atoms with Gasteiger partial charge in [0.15, 0.2) is 6.10 Å². The number of nitrogens with zero attached hydrogens (tertiary/aromatic N) is 1. The number of carbonyl (C=O) groups is 1. The first-order valence-corrected chi connectivity index (χ1v) is 11.9. The van der Waals surface area contributed by atoms with E-state index in [-0.39, 0.29) is 5.91 Å². The lowest BCUT2D eigenvalue weighted by Crippen LogP contribution is -2.30. The van der Waals surface area contributed by atoms with Gasteiger partial charge in [-0.25, -0.2) is 8.42 Å². The molecule has 0 saturated carbocycles. The van der Waals surface area contributed by atoms with Crippen LogP contribution >= 0.6 is 0 Å². The Morgan fingerprint density at radius 2 is 1.53 bits per heavy atom. The molecule has 0 aliphatic rings. The Hall–Kier alpha value is -3.52. The van der Waals surface area contributed by atoms with E-state index < -0.39 is 16.1 Å². The molecule has 1 N–H and O–H groups in total. The molecule has 8 heteroatoms. The summed E-state index contributed by atoms with van der Waals surface area (Å²) >= 11 is 0. The molecule has 0 bridgehead atoms. The standard InChI is InChI=1S/C24H26N2O5S/c1-18(31-23-15-11-21(12-16-23)26(2)32(3,28)29)24(27)25-20-9-13-22(14-10-20)30-17-19-7-5-4-6-8-19/h4-16,18H,17H2,1-3H3,(H,25,27). The number of rotatable bonds is 9. The molecule has 3 rings (SSSR count). The summed E-state index contributed by atoms with van der Waals surface area (Å²) in [5.74, 6) is 0.860. The van der Waals surface area contributed by atoms with Crippen molar-refractivity contribution in [3.63, 3.8) is 0 Å². The van der Waals surface area contributed by atoms with Crippen molar-refractivity contribution < 1.29 is 22.7 Å². The maximum Gasteiger partial charge on any atom is 0.265 e. The molecule has 32 heavy (non-hydrogen) atoms. The Labute approximate surface area is 188 Å². The van der Waals surface area contributed by atoms with Gasteiger partial charge in [-0.2, -0.15) is 0 Å². The molecule has 7 nitrogen and oxygen atoms in total. The fourth-order valence-corrected chi connectivity index (χ4v) is 3.31. The Morgan fingerprint density at radius 3 is 2.12 bits per heavy atom. The predicted octanol–water partition coefficient (Wildman–Crippen LogP) is 4.07. The highest BCUT2D eigenvalue weighted by Gasteiger charge is 2.16. The van der Waals surface area contributed by atoms with Gasteiger partial charge in [-0.15, -0.1) is 0 Å². The SMILES string of the molecule is CC(Oc1ccc(N(C)S(C)(=O)=O)cc1)C(=O)Nc1ccc(OCc2ccccc2)cc1. The maximum atomic E-state index is 12.5. The molecule has 0 fully saturated rings. The van der Waals surface area contributed by atoms with Gasteiger partial charge in [-0.3, -0.25) is 9.10 Å². The monoisotopic (exact) mass is 454 g/mol. The summed E-state index contributed by atoms with van der Waals surface area (Å²) in [6.45, 7) is 2.11. The van der Waals surface area contributed by atoms with Crippen molar-refractivity contribution in [1.29, 1.82) is 0 Å². The minimum Gasteiger partial charge on any atom is -0.489 e. The molecule has 1 atom stereocenters. The number of ether oxygens (including phenoxy) is 2. The van der Waals surface area contributed by atoms with E-state index in [0.717, 1.165) is 11.8 Å². The zero-order valence-electron chi connectivity index (χ0n) is 18.2. The fourth-order valence-electron chi connectivity index (χ4n) is 2.80. The lowest BCUT2D eigenvalue weighted by Gasteiger charge is -2.18. The molecule has 1 amide bonds. The third kappa shape index (κ3) is 6.49. The zero-order valence-corrected chi connectivity index (χ0v) is 19.0. The van der Waals surface area contributed by atoms with Crippen molar-refractivity contribution in [2.75, 3.05) is 22.9 Å². The van der Waals surface area contributed by atoms with E-state index in [0.29, 0.717) is 29.5 Å². The second kappa shape index (κ2) is 10.2. The largest absolute Gasteiger partial charge is 0.489 e. The summed E-state index contributed by atoms with van der Waals surface area (Å²) in [5.41, 5.74) is 2.21. The maximum absolute atomic E-state index is 12.5. The lowest BCUT2D eigenvalue weighted by atomic mass is 10.2. The Bertz CT molecular complexity index is 1130. The van der Waals surface area contributed by atoms with Crippen molar-refractivity contribution in [3.8, 4) is 11.5 Å². The van der Waals surface area contributed by atoms with Gasteiger partial charge in [-0.1, -0.05) is 30.3 Å². The predicted molar refractivity (Wildman–Crippen MR) is 126 cm³/mol. The summed E-state index contributed by atoms with van der Waals surface area (Å²) < 4.78 is 35.8. The summed E-state index contributed by atoms with van der Waals surface area (Å²) in [5, 5.41) is 2.81. The third-order valence-electron chi connectivity index (χ3n) is 4.75. The van der Waals surface area contributed by atoms with E-state index >= 15 is 0 Å². The van der Waals surface area contributed by atoms with Crippen molar-refractivity contribution in [2.45, 2.75) is 19.6 Å². The first kappa shape index (κ1) is 23.1. The van der Waals surface area contributed by atoms with Crippen LogP contribution in [0, 0.1) is 0 Å². The molecule has 1 unspecified atom stereocenters. The number of hydrogen-bond acceptors (Lipinski definition) is 5. The number of carbonyl (C=O) groups excluding carboxylic acids is 1. The van der Waals surface area contributed by atoms with Gasteiger partial charge in [0.05, 0.1) is 11.9 Å². The highest BCUT2D eigenvalue weighted by atomic mass is 32.2. The van der Waals surface area contributed by atoms with Crippen LogP contribution in [0.15, 0.2) is 78.9 Å². The van der Waals surface area contributed by atoms with Crippen LogP contribution in [0.2, 0.25) is 0 Å². The van der Waals surface area contributed by atoms with Crippen LogP contribution < -0.4 is 19.1 Å². The molecule has 3 aromatic carbocycles. The van der Waals surface area contributed by atoms with Gasteiger partial charge in [0.1, 0.15) is 18.1 Å². The Morgan fingerprint density at radius 1 is 0.938 bits per heavy atom. The molecule has 0 radical (unpaired) electrons. The van der Waals surface area contributed by atoms with Crippen LogP contribution in [-0.4, -0.2) is 33.7 Å². The van der Waals surface area contributed by atoms with E-state index in [1.54, 1.807) is 55.5 Å². The van der Waals surface area contributed by atoms with E-state index in [1.807, 2.05) is 30.3 Å². The number of amides is 1. The number of anilines is 2. The molecule has 0 heterocycles. The highest BCUT2D eigenvalue weighted by Crippen LogP contribution is 2.22. The van der Waals surface area contributed by atoms with Crippen LogP contribution in [0.5, 0.6) is 11.5 Å². The molecular formula is C24H26N2O5S. The molecule has 0 aliphatic carbocycles. The zero-order chi connectivity index (χ0) is 23.1. The molecule has 0 saturated heterocycles. The summed E-state index contributed by atoms with van der Waals surface area (Å²) in [4.78, 5) is 12.5. The molecule has 0 aliphatic heterocycles. The van der Waals surface area contributed by atoms with Crippen LogP contribution in [0.3, 0.4) is 0 Å². The quantitative estimate of drug-likeness (QED) is 0.527. The third-order valence-corrected chi connectivity index (χ3v) is 5.96. The normalized spacial score (nSPS) is 12.0. The lowest BCUT2D eigenvalue weighted by molar-refractivity contribution is -0.122. The van der Waals surface area contributed by atoms with Crippen LogP contribution in [-0.2, 0) is 21.4 Å². The Balaban J connectivity index is 1.51. The molecule has 0 spiro atoms. The molecule has 168 valence electrons. The minimum absolute atomic E-state index is 0.305. The number of sulfonamides is 1. The second-order valence-electron chi connectivity index (χ2n) is 7.27. The molecular weight excluding hydrogens is 428 g/mol. The van der Waals surface area contributed by atoms with Crippen LogP contribution in [0.25, 0.3) is 0 Å². The smallest absolute Gasteiger partial charge is 0.265 e. The minimum atomic E-state index is -3.34. The first-order chi connectivity index (χ1) is 15.2. The van der Waals surface area contributed by atoms with Crippen molar-refractivity contribution >= 4 is 27.3 Å². The molecule has 3 aromatic rings. The van der Waals surface area contributed by atoms with Crippen molar-refractivity contribution in [2.24, 2.45) is 0 Å². The fraction of sp³-hybridized carbons (Fsp3) is 0.208. The topological polar surface area (TPSA) is 84.9 Å².